The number of rotatable bonds is 2. The van der Waals surface area contributed by atoms with Crippen LogP contribution in [0.5, 0.6) is 0 Å². The van der Waals surface area contributed by atoms with Gasteiger partial charge in [0.05, 0.1) is 17.5 Å². The Bertz CT molecular complexity index is 602. The topological polar surface area (TPSA) is 61.2 Å². The molecule has 5 heteroatoms. The van der Waals surface area contributed by atoms with E-state index in [1.165, 1.54) is 18.2 Å². The van der Waals surface area contributed by atoms with E-state index in [-0.39, 0.29) is 35.9 Å². The number of nitriles is 1. The predicted molar refractivity (Wildman–Crippen MR) is 65.1 cm³/mol. The fourth-order valence-corrected chi connectivity index (χ4v) is 2.15. The summed E-state index contributed by atoms with van der Waals surface area (Å²) in [6.45, 7) is 3.26. The highest BCUT2D eigenvalue weighted by Gasteiger charge is 2.44. The van der Waals surface area contributed by atoms with Gasteiger partial charge in [-0.1, -0.05) is 26.0 Å². The van der Waals surface area contributed by atoms with Crippen molar-refractivity contribution in [1.29, 1.82) is 5.26 Å². The van der Waals surface area contributed by atoms with E-state index in [0.717, 1.165) is 4.90 Å². The quantitative estimate of drug-likeness (QED) is 0.764. The molecule has 1 fully saturated rings. The largest absolute Gasteiger partial charge is 0.278 e. The van der Waals surface area contributed by atoms with Crippen molar-refractivity contribution in [2.24, 2.45) is 5.41 Å². The third-order valence-corrected chi connectivity index (χ3v) is 3.25. The lowest BCUT2D eigenvalue weighted by Crippen LogP contribution is -2.32. The Morgan fingerprint density at radius 3 is 2.63 bits per heavy atom. The summed E-state index contributed by atoms with van der Waals surface area (Å²) in [4.78, 5) is 24.9. The van der Waals surface area contributed by atoms with Crippen LogP contribution in [0, 0.1) is 22.6 Å². The summed E-state index contributed by atoms with van der Waals surface area (Å²) in [5.41, 5.74) is -0.644. The average molecular weight is 260 g/mol. The van der Waals surface area contributed by atoms with Crippen LogP contribution in [0.3, 0.4) is 0 Å². The molecule has 4 nitrogen and oxygen atoms in total. The number of nitrogens with zero attached hydrogens (tertiary/aromatic N) is 2. The molecule has 19 heavy (non-hydrogen) atoms. The number of carbonyl (C=O) groups excluding carboxylic acids is 2. The van der Waals surface area contributed by atoms with Crippen LogP contribution in [0.1, 0.15) is 31.4 Å². The number of imide groups is 1. The third kappa shape index (κ3) is 2.22. The molecule has 0 unspecified atom stereocenters. The Morgan fingerprint density at radius 1 is 1.42 bits per heavy atom. The molecule has 0 atom stereocenters. The Morgan fingerprint density at radius 2 is 2.11 bits per heavy atom. The molecule has 0 bridgehead atoms. The third-order valence-electron chi connectivity index (χ3n) is 3.25. The molecular weight excluding hydrogens is 247 g/mol. The Kier molecular flexibility index (Phi) is 3.11. The molecule has 1 saturated heterocycles. The molecule has 1 aliphatic heterocycles. The standard InChI is InChI=1S/C14H13FN2O2/c1-14(2)6-11(18)17(13(14)19)8-10-5-3-4-9(7-16)12(10)15/h3-5H,6,8H2,1-2H3. The number of carbonyl (C=O) groups is 2. The summed E-state index contributed by atoms with van der Waals surface area (Å²) in [5.74, 6) is -1.29. The van der Waals surface area contributed by atoms with E-state index in [4.69, 9.17) is 5.26 Å². The minimum atomic E-state index is -0.736. The maximum atomic E-state index is 13.9. The first-order valence-electron chi connectivity index (χ1n) is 5.89. The van der Waals surface area contributed by atoms with Crippen LogP contribution in [0.4, 0.5) is 4.39 Å². The van der Waals surface area contributed by atoms with E-state index in [9.17, 15) is 14.0 Å². The van der Waals surface area contributed by atoms with E-state index in [0.29, 0.717) is 0 Å². The molecule has 0 N–H and O–H groups in total. The van der Waals surface area contributed by atoms with Gasteiger partial charge < -0.3 is 0 Å². The van der Waals surface area contributed by atoms with Crippen LogP contribution < -0.4 is 0 Å². The van der Waals surface area contributed by atoms with Gasteiger partial charge in [-0.3, -0.25) is 14.5 Å². The Balaban J connectivity index is 2.31. The number of hydrogen-bond donors (Lipinski definition) is 0. The van der Waals surface area contributed by atoms with Gasteiger partial charge in [0, 0.05) is 12.0 Å². The normalized spacial score (nSPS) is 17.7. The molecular formula is C14H13FN2O2. The summed E-state index contributed by atoms with van der Waals surface area (Å²) in [7, 11) is 0. The van der Waals surface area contributed by atoms with Gasteiger partial charge in [-0.15, -0.1) is 0 Å². The van der Waals surface area contributed by atoms with Gasteiger partial charge in [0.1, 0.15) is 11.9 Å². The number of halogens is 1. The Hall–Kier alpha value is -2.22. The molecule has 1 aromatic carbocycles. The molecule has 0 spiro atoms. The highest BCUT2D eigenvalue weighted by molar-refractivity contribution is 6.05. The van der Waals surface area contributed by atoms with Crippen molar-refractivity contribution in [3.63, 3.8) is 0 Å². The zero-order chi connectivity index (χ0) is 14.2. The monoisotopic (exact) mass is 260 g/mol. The van der Waals surface area contributed by atoms with Gasteiger partial charge in [-0.2, -0.15) is 5.26 Å². The first-order valence-corrected chi connectivity index (χ1v) is 5.89. The second kappa shape index (κ2) is 4.47. The summed E-state index contributed by atoms with van der Waals surface area (Å²) in [6.07, 6.45) is 0.130. The molecule has 1 aromatic rings. The minimum absolute atomic E-state index is 0.0872. The van der Waals surface area contributed by atoms with Gasteiger partial charge in [0.2, 0.25) is 11.8 Å². The van der Waals surface area contributed by atoms with Crippen LogP contribution in [0.2, 0.25) is 0 Å². The zero-order valence-electron chi connectivity index (χ0n) is 10.7. The number of likely N-dealkylation sites (tertiary alicyclic amines) is 1. The fraction of sp³-hybridized carbons (Fsp3) is 0.357. The van der Waals surface area contributed by atoms with Gasteiger partial charge in [0.25, 0.3) is 0 Å². The second-order valence-electron chi connectivity index (χ2n) is 5.24. The molecule has 0 aliphatic carbocycles. The van der Waals surface area contributed by atoms with Crippen LogP contribution in [-0.2, 0) is 16.1 Å². The summed E-state index contributed by atoms with van der Waals surface area (Å²) >= 11 is 0. The molecule has 98 valence electrons. The lowest BCUT2D eigenvalue weighted by atomic mass is 9.92. The van der Waals surface area contributed by atoms with Gasteiger partial charge in [-0.25, -0.2) is 4.39 Å². The van der Waals surface area contributed by atoms with Crippen molar-refractivity contribution in [3.8, 4) is 6.07 Å². The maximum Gasteiger partial charge on any atom is 0.235 e. The Labute approximate surface area is 110 Å². The van der Waals surface area contributed by atoms with Crippen molar-refractivity contribution in [3.05, 3.63) is 35.1 Å². The van der Waals surface area contributed by atoms with Crippen molar-refractivity contribution in [1.82, 2.24) is 4.90 Å². The summed E-state index contributed by atoms with van der Waals surface area (Å²) < 4.78 is 13.9. The van der Waals surface area contributed by atoms with E-state index in [1.54, 1.807) is 19.9 Å². The number of amides is 2. The SMILES string of the molecule is CC1(C)CC(=O)N(Cc2cccc(C#N)c2F)C1=O. The lowest BCUT2D eigenvalue weighted by Gasteiger charge is -2.18. The fourth-order valence-electron chi connectivity index (χ4n) is 2.15. The van der Waals surface area contributed by atoms with Gasteiger partial charge >= 0.3 is 0 Å². The zero-order valence-corrected chi connectivity index (χ0v) is 10.7. The molecule has 2 rings (SSSR count). The first-order chi connectivity index (χ1) is 8.86. The molecule has 0 saturated carbocycles. The van der Waals surface area contributed by atoms with Crippen LogP contribution >= 0.6 is 0 Å². The van der Waals surface area contributed by atoms with Crippen molar-refractivity contribution in [2.75, 3.05) is 0 Å². The van der Waals surface area contributed by atoms with E-state index < -0.39 is 11.2 Å². The smallest absolute Gasteiger partial charge is 0.235 e. The van der Waals surface area contributed by atoms with Crippen molar-refractivity contribution < 1.29 is 14.0 Å². The van der Waals surface area contributed by atoms with Crippen LogP contribution in [0.25, 0.3) is 0 Å². The molecule has 1 aliphatic rings. The van der Waals surface area contributed by atoms with Gasteiger partial charge in [-0.05, 0) is 6.07 Å². The van der Waals surface area contributed by atoms with E-state index in [1.807, 2.05) is 0 Å². The highest BCUT2D eigenvalue weighted by atomic mass is 19.1. The summed E-state index contributed by atoms with van der Waals surface area (Å²) in [6, 6.07) is 6.10. The molecule has 2 amide bonds. The first kappa shape index (κ1) is 13.2. The predicted octanol–water partition coefficient (Wildman–Crippen LogP) is 1.98. The van der Waals surface area contributed by atoms with E-state index >= 15 is 0 Å². The minimum Gasteiger partial charge on any atom is -0.278 e. The van der Waals surface area contributed by atoms with Crippen LogP contribution in [-0.4, -0.2) is 16.7 Å². The second-order valence-corrected chi connectivity index (χ2v) is 5.24. The molecule has 0 radical (unpaired) electrons. The molecule has 0 aromatic heterocycles. The average Bonchev–Trinajstić information content (AvgIpc) is 2.54. The number of hydrogen-bond acceptors (Lipinski definition) is 3. The summed E-state index contributed by atoms with van der Waals surface area (Å²) in [5, 5.41) is 8.75. The lowest BCUT2D eigenvalue weighted by molar-refractivity contribution is -0.141. The van der Waals surface area contributed by atoms with Crippen molar-refractivity contribution >= 4 is 11.8 Å². The van der Waals surface area contributed by atoms with Crippen LogP contribution in [0.15, 0.2) is 18.2 Å². The maximum absolute atomic E-state index is 13.9. The molecule has 1 heterocycles. The highest BCUT2D eigenvalue weighted by Crippen LogP contribution is 2.32. The van der Waals surface area contributed by atoms with Gasteiger partial charge in [0.15, 0.2) is 0 Å². The van der Waals surface area contributed by atoms with Crippen molar-refractivity contribution in [2.45, 2.75) is 26.8 Å². The van der Waals surface area contributed by atoms with E-state index in [2.05, 4.69) is 0 Å². The number of benzene rings is 1.